The first-order valence-electron chi connectivity index (χ1n) is 14.4. The number of Topliss-reactive ketones (excluding diaryl/α,β-unsaturated/α-hetero) is 1. The molecular weight excluding hydrogens is 524 g/mol. The Morgan fingerprint density at radius 1 is 1.14 bits per heavy atom. The molecule has 0 aliphatic heterocycles. The van der Waals surface area contributed by atoms with E-state index in [1.54, 1.807) is 6.92 Å². The average molecular weight is 565 g/mol. The fraction of sp³-hybridized carbons (Fsp3) is 0.361. The molecule has 6 nitrogen and oxygen atoms in total. The molecule has 4 N–H and O–H groups in total. The number of allylic oxidation sites excluding steroid dienone is 5. The zero-order valence-corrected chi connectivity index (χ0v) is 25.4. The predicted molar refractivity (Wildman–Crippen MR) is 169 cm³/mol. The highest BCUT2D eigenvalue weighted by atomic mass is 16.3. The number of carbonyl (C=O) groups is 1. The Labute approximate surface area is 248 Å². The summed E-state index contributed by atoms with van der Waals surface area (Å²) in [6.45, 7) is 23.9. The topological polar surface area (TPSA) is 113 Å². The predicted octanol–water partition coefficient (Wildman–Crippen LogP) is 8.26. The van der Waals surface area contributed by atoms with Crippen LogP contribution in [0, 0.1) is 47.3 Å². The number of nitrogens with two attached hydrogens (primary N) is 1. The largest absolute Gasteiger partial charge is 0.511 e. The summed E-state index contributed by atoms with van der Waals surface area (Å²) in [7, 11) is 0. The Kier molecular flexibility index (Phi) is 6.76. The molecular formula is C36H40N2O4. The Balaban J connectivity index is 1.74. The van der Waals surface area contributed by atoms with Gasteiger partial charge in [0.25, 0.3) is 0 Å². The first-order valence-corrected chi connectivity index (χ1v) is 14.4. The normalized spacial score (nSPS) is 27.0. The minimum Gasteiger partial charge on any atom is -0.511 e. The third-order valence-electron chi connectivity index (χ3n) is 10.5. The minimum atomic E-state index is -1.34. The number of benzene rings is 2. The molecule has 0 unspecified atom stereocenters. The number of ketones is 1. The zero-order chi connectivity index (χ0) is 31.0. The van der Waals surface area contributed by atoms with Gasteiger partial charge < -0.3 is 15.9 Å². The molecule has 3 aliphatic rings. The van der Waals surface area contributed by atoms with Crippen LogP contribution in [0.15, 0.2) is 83.5 Å². The molecule has 6 heteroatoms. The van der Waals surface area contributed by atoms with Gasteiger partial charge in [0.1, 0.15) is 17.2 Å². The van der Waals surface area contributed by atoms with Crippen molar-refractivity contribution < 1.29 is 15.0 Å². The van der Waals surface area contributed by atoms with Crippen LogP contribution in [0.5, 0.6) is 0 Å². The number of aliphatic hydroxyl groups is 2. The van der Waals surface area contributed by atoms with Crippen LogP contribution < -0.4 is 5.73 Å². The Morgan fingerprint density at radius 3 is 2.29 bits per heavy atom. The third kappa shape index (κ3) is 3.73. The van der Waals surface area contributed by atoms with Gasteiger partial charge in [-0.2, -0.15) is 0 Å². The maximum atomic E-state index is 14.3. The summed E-state index contributed by atoms with van der Waals surface area (Å²) in [5, 5.41) is 25.4. The van der Waals surface area contributed by atoms with Crippen molar-refractivity contribution in [2.24, 2.45) is 39.5 Å². The summed E-state index contributed by atoms with van der Waals surface area (Å²) in [6, 6.07) is 9.79. The SMILES string of the molecule is C=C(N)C1=C(N=O)[C@@H](C(C)C)[C@]2(C)C[C@@H]3Cc4c(C)cc(-c5ccc(C(=C)O)cc5)c(C)c4C(=C)C3=C(O)[C@]2(C)C1=O. The summed E-state index contributed by atoms with van der Waals surface area (Å²) in [6.07, 6.45) is 1.25. The molecule has 0 bridgehead atoms. The van der Waals surface area contributed by atoms with E-state index < -0.39 is 22.5 Å². The molecule has 0 radical (unpaired) electrons. The van der Waals surface area contributed by atoms with Crippen LogP contribution in [0.4, 0.5) is 0 Å². The Hall–Kier alpha value is -4.19. The first-order chi connectivity index (χ1) is 19.6. The lowest BCUT2D eigenvalue weighted by atomic mass is 9.43. The Bertz CT molecular complexity index is 1670. The summed E-state index contributed by atoms with van der Waals surface area (Å²) < 4.78 is 0. The maximum Gasteiger partial charge on any atom is 0.180 e. The van der Waals surface area contributed by atoms with Gasteiger partial charge in [0.15, 0.2) is 5.78 Å². The second-order valence-electron chi connectivity index (χ2n) is 13.1. The molecule has 5 rings (SSSR count). The monoisotopic (exact) mass is 564 g/mol. The van der Waals surface area contributed by atoms with Gasteiger partial charge in [-0.05, 0) is 95.0 Å². The molecule has 42 heavy (non-hydrogen) atoms. The van der Waals surface area contributed by atoms with Gasteiger partial charge in [-0.1, -0.05) is 70.8 Å². The van der Waals surface area contributed by atoms with Crippen molar-refractivity contribution in [1.29, 1.82) is 0 Å². The fourth-order valence-corrected chi connectivity index (χ4v) is 8.37. The van der Waals surface area contributed by atoms with Crippen molar-refractivity contribution in [3.05, 3.63) is 111 Å². The second-order valence-corrected chi connectivity index (χ2v) is 13.1. The van der Waals surface area contributed by atoms with Gasteiger partial charge in [-0.15, -0.1) is 4.91 Å². The molecule has 0 amide bonds. The van der Waals surface area contributed by atoms with E-state index >= 15 is 0 Å². The van der Waals surface area contributed by atoms with E-state index in [-0.39, 0.29) is 40.3 Å². The number of fused-ring (bicyclic) bond motifs is 3. The van der Waals surface area contributed by atoms with E-state index in [2.05, 4.69) is 44.8 Å². The molecule has 0 saturated carbocycles. The molecule has 218 valence electrons. The van der Waals surface area contributed by atoms with Crippen molar-refractivity contribution in [3.63, 3.8) is 0 Å². The van der Waals surface area contributed by atoms with Crippen molar-refractivity contribution in [2.45, 2.75) is 54.4 Å². The van der Waals surface area contributed by atoms with Crippen LogP contribution in [-0.2, 0) is 11.2 Å². The van der Waals surface area contributed by atoms with Gasteiger partial charge in [-0.25, -0.2) is 0 Å². The highest BCUT2D eigenvalue weighted by Crippen LogP contribution is 2.67. The lowest BCUT2D eigenvalue weighted by Crippen LogP contribution is -2.59. The van der Waals surface area contributed by atoms with E-state index in [9.17, 15) is 19.9 Å². The summed E-state index contributed by atoms with van der Waals surface area (Å²) in [5.74, 6) is -0.939. The summed E-state index contributed by atoms with van der Waals surface area (Å²) in [5.41, 5.74) is 12.6. The number of rotatable bonds is 5. The van der Waals surface area contributed by atoms with E-state index in [4.69, 9.17) is 5.73 Å². The number of hydrogen-bond donors (Lipinski definition) is 3. The third-order valence-corrected chi connectivity index (χ3v) is 10.5. The van der Waals surface area contributed by atoms with Crippen LogP contribution in [-0.4, -0.2) is 16.0 Å². The van der Waals surface area contributed by atoms with Gasteiger partial charge in [0.05, 0.1) is 11.0 Å². The Morgan fingerprint density at radius 2 is 1.76 bits per heavy atom. The lowest BCUT2D eigenvalue weighted by Gasteiger charge is -2.59. The molecule has 0 fully saturated rings. The van der Waals surface area contributed by atoms with Crippen molar-refractivity contribution in [1.82, 2.24) is 0 Å². The standard InChI is InChI=1S/C36H40N2O4/c1-17(2)31-32(38-42)30(21(6)37)34(41)36(9)33(40)29-20(5)28-19(4)27(24-12-10-23(11-13-24)22(7)39)14-18(3)26(28)15-25(29)16-35(31,36)8/h10-14,17,25,31,39-40H,5-7,15-16,37H2,1-4,8-9H3/t25-,31+,35-,36+/m0/s1. The molecule has 0 spiro atoms. The van der Waals surface area contributed by atoms with Gasteiger partial charge in [0.2, 0.25) is 0 Å². The fourth-order valence-electron chi connectivity index (χ4n) is 8.37. The van der Waals surface area contributed by atoms with E-state index in [0.717, 1.165) is 33.4 Å². The summed E-state index contributed by atoms with van der Waals surface area (Å²) in [4.78, 5) is 26.5. The number of aryl methyl sites for hydroxylation is 1. The number of nitrogens with zero attached hydrogens (tertiary/aromatic N) is 1. The van der Waals surface area contributed by atoms with Crippen LogP contribution in [0.1, 0.15) is 61.9 Å². The van der Waals surface area contributed by atoms with Gasteiger partial charge in [-0.3, -0.25) is 4.79 Å². The van der Waals surface area contributed by atoms with Crippen LogP contribution >= 0.6 is 0 Å². The number of hydrogen-bond acceptors (Lipinski definition) is 6. The van der Waals surface area contributed by atoms with Crippen molar-refractivity contribution in [3.8, 4) is 11.1 Å². The van der Waals surface area contributed by atoms with E-state index in [1.807, 2.05) is 45.0 Å². The quantitative estimate of drug-likeness (QED) is 0.250. The van der Waals surface area contributed by atoms with E-state index in [0.29, 0.717) is 24.0 Å². The highest BCUT2D eigenvalue weighted by molar-refractivity contribution is 6.08. The van der Waals surface area contributed by atoms with E-state index in [1.165, 1.54) is 5.56 Å². The molecule has 2 aromatic rings. The molecule has 3 aliphatic carbocycles. The smallest absolute Gasteiger partial charge is 0.180 e. The van der Waals surface area contributed by atoms with Crippen LogP contribution in [0.2, 0.25) is 0 Å². The number of nitroso groups, excluding NO2 is 1. The summed E-state index contributed by atoms with van der Waals surface area (Å²) >= 11 is 0. The van der Waals surface area contributed by atoms with Crippen molar-refractivity contribution in [2.75, 3.05) is 0 Å². The maximum absolute atomic E-state index is 14.3. The van der Waals surface area contributed by atoms with Gasteiger partial charge >= 0.3 is 0 Å². The lowest BCUT2D eigenvalue weighted by molar-refractivity contribution is -0.139. The second kappa shape index (κ2) is 9.69. The molecule has 0 heterocycles. The van der Waals surface area contributed by atoms with Gasteiger partial charge in [0, 0.05) is 22.8 Å². The number of carbonyl (C=O) groups excluding carboxylic acids is 1. The van der Waals surface area contributed by atoms with Crippen LogP contribution in [0.25, 0.3) is 22.5 Å². The molecule has 0 saturated heterocycles. The average Bonchev–Trinajstić information content (AvgIpc) is 2.91. The van der Waals surface area contributed by atoms with Crippen LogP contribution in [0.3, 0.4) is 0 Å². The first kappa shape index (κ1) is 29.3. The minimum absolute atomic E-state index is 0.00418. The van der Waals surface area contributed by atoms with Crippen molar-refractivity contribution >= 4 is 17.1 Å². The number of aliphatic hydroxyl groups excluding tert-OH is 2. The molecule has 2 aromatic carbocycles. The molecule has 0 aromatic heterocycles. The zero-order valence-electron chi connectivity index (χ0n) is 25.4. The molecule has 4 atom stereocenters. The highest BCUT2D eigenvalue weighted by Gasteiger charge is 2.66.